The molecule has 7 nitrogen and oxygen atoms in total. The molecule has 3 heterocycles. The number of hydrogen-bond donors (Lipinski definition) is 2. The van der Waals surface area contributed by atoms with E-state index in [0.29, 0.717) is 41.4 Å². The fraction of sp³-hybridized carbons (Fsp3) is 0.273. The molecule has 0 bridgehead atoms. The molecular formula is C22H22FN3O4. The Bertz CT molecular complexity index is 1140. The average Bonchev–Trinajstić information content (AvgIpc) is 3.17. The molecule has 156 valence electrons. The molecule has 1 aromatic carbocycles. The predicted molar refractivity (Wildman–Crippen MR) is 111 cm³/mol. The van der Waals surface area contributed by atoms with Gasteiger partial charge >= 0.3 is 5.97 Å². The van der Waals surface area contributed by atoms with Crippen LogP contribution in [0.25, 0.3) is 27.7 Å². The number of rotatable bonds is 6. The summed E-state index contributed by atoms with van der Waals surface area (Å²) in [6.07, 6.45) is 4.35. The maximum atomic E-state index is 14.1. The van der Waals surface area contributed by atoms with E-state index >= 15 is 0 Å². The zero-order valence-corrected chi connectivity index (χ0v) is 16.7. The fourth-order valence-electron chi connectivity index (χ4n) is 3.83. The highest BCUT2D eigenvalue weighted by atomic mass is 19.1. The van der Waals surface area contributed by atoms with Crippen LogP contribution in [0.4, 0.5) is 4.39 Å². The Morgan fingerprint density at radius 2 is 2.07 bits per heavy atom. The molecule has 1 aliphatic rings. The van der Waals surface area contributed by atoms with Crippen molar-refractivity contribution < 1.29 is 23.8 Å². The van der Waals surface area contributed by atoms with Crippen LogP contribution in [0.15, 0.2) is 36.5 Å². The van der Waals surface area contributed by atoms with Crippen molar-refractivity contribution in [2.24, 2.45) is 0 Å². The third-order valence-corrected chi connectivity index (χ3v) is 5.27. The van der Waals surface area contributed by atoms with Crippen LogP contribution in [0.3, 0.4) is 0 Å². The van der Waals surface area contributed by atoms with Gasteiger partial charge in [-0.3, -0.25) is 9.69 Å². The number of aromatic amines is 1. The van der Waals surface area contributed by atoms with Gasteiger partial charge in [0.05, 0.1) is 27.0 Å². The first-order chi connectivity index (χ1) is 14.5. The molecule has 4 rings (SSSR count). The number of carbonyl (C=O) groups is 1. The number of hydrogen-bond acceptors (Lipinski definition) is 5. The van der Waals surface area contributed by atoms with E-state index in [2.05, 4.69) is 9.97 Å². The molecule has 0 atom stereocenters. The Morgan fingerprint density at radius 3 is 2.73 bits per heavy atom. The number of benzene rings is 1. The minimum absolute atomic E-state index is 0.0265. The third-order valence-electron chi connectivity index (χ3n) is 5.27. The van der Waals surface area contributed by atoms with Crippen molar-refractivity contribution in [1.82, 2.24) is 14.9 Å². The number of carboxylic acid groups (broad SMARTS) is 1. The van der Waals surface area contributed by atoms with Gasteiger partial charge in [-0.05, 0) is 36.3 Å². The molecule has 0 radical (unpaired) electrons. The summed E-state index contributed by atoms with van der Waals surface area (Å²) < 4.78 is 25.0. The normalized spacial score (nSPS) is 14.6. The first-order valence-electron chi connectivity index (χ1n) is 9.53. The second-order valence-corrected chi connectivity index (χ2v) is 7.10. The summed E-state index contributed by atoms with van der Waals surface area (Å²) in [7, 11) is 3.09. The Hall–Kier alpha value is -3.39. The standard InChI is InChI=1S/C22H22FN3O4/c1-29-18-4-3-14(23)9-15(18)21-16-10-17(25-22(16)24-11-19(21)30-2)13-5-7-26(8-6-13)12-20(27)28/h3-5,9-11H,6-8,12H2,1-2H3,(H,24,25)(H,27,28). The monoisotopic (exact) mass is 411 g/mol. The van der Waals surface area contributed by atoms with E-state index < -0.39 is 5.97 Å². The Labute approximate surface area is 172 Å². The summed E-state index contributed by atoms with van der Waals surface area (Å²) in [5.41, 5.74) is 3.92. The Kier molecular flexibility index (Phi) is 5.41. The molecule has 1 aliphatic heterocycles. The van der Waals surface area contributed by atoms with E-state index in [1.165, 1.54) is 12.1 Å². The van der Waals surface area contributed by atoms with Gasteiger partial charge in [-0.15, -0.1) is 0 Å². The summed E-state index contributed by atoms with van der Waals surface area (Å²) in [6.45, 7) is 1.26. The molecular weight excluding hydrogens is 389 g/mol. The third kappa shape index (κ3) is 3.73. The lowest BCUT2D eigenvalue weighted by Crippen LogP contribution is -2.33. The fourth-order valence-corrected chi connectivity index (χ4v) is 3.83. The van der Waals surface area contributed by atoms with Gasteiger partial charge in [-0.25, -0.2) is 9.37 Å². The largest absolute Gasteiger partial charge is 0.496 e. The highest BCUT2D eigenvalue weighted by Crippen LogP contribution is 2.42. The van der Waals surface area contributed by atoms with Gasteiger partial charge < -0.3 is 19.6 Å². The molecule has 2 N–H and O–H groups in total. The second-order valence-electron chi connectivity index (χ2n) is 7.10. The molecule has 2 aromatic heterocycles. The number of H-pyrrole nitrogens is 1. The molecule has 8 heteroatoms. The van der Waals surface area contributed by atoms with E-state index in [1.54, 1.807) is 26.5 Å². The van der Waals surface area contributed by atoms with Crippen LogP contribution in [0.2, 0.25) is 0 Å². The van der Waals surface area contributed by atoms with E-state index in [9.17, 15) is 9.18 Å². The van der Waals surface area contributed by atoms with Gasteiger partial charge in [0, 0.05) is 35.3 Å². The van der Waals surface area contributed by atoms with Crippen molar-refractivity contribution in [3.05, 3.63) is 48.0 Å². The van der Waals surface area contributed by atoms with Crippen molar-refractivity contribution in [3.8, 4) is 22.6 Å². The number of halogens is 1. The SMILES string of the molecule is COc1ccc(F)cc1-c1c(OC)cnc2[nH]c(C3=CCN(CC(=O)O)CC3)cc12. The van der Waals surface area contributed by atoms with Gasteiger partial charge in [0.15, 0.2) is 0 Å². The molecule has 0 fully saturated rings. The Balaban J connectivity index is 1.80. The first kappa shape index (κ1) is 19.9. The summed E-state index contributed by atoms with van der Waals surface area (Å²) in [6, 6.07) is 6.34. The molecule has 3 aromatic rings. The Morgan fingerprint density at radius 1 is 1.27 bits per heavy atom. The van der Waals surface area contributed by atoms with Gasteiger partial charge in [0.2, 0.25) is 0 Å². The summed E-state index contributed by atoms with van der Waals surface area (Å²) in [5, 5.41) is 9.76. The zero-order valence-electron chi connectivity index (χ0n) is 16.7. The maximum absolute atomic E-state index is 14.1. The molecule has 0 unspecified atom stereocenters. The number of fused-ring (bicyclic) bond motifs is 1. The minimum atomic E-state index is -0.831. The van der Waals surface area contributed by atoms with Crippen LogP contribution in [-0.2, 0) is 4.79 Å². The maximum Gasteiger partial charge on any atom is 0.317 e. The minimum Gasteiger partial charge on any atom is -0.496 e. The van der Waals surface area contributed by atoms with Gasteiger partial charge in [-0.1, -0.05) is 6.08 Å². The highest BCUT2D eigenvalue weighted by Gasteiger charge is 2.21. The molecule has 0 saturated carbocycles. The molecule has 0 aliphatic carbocycles. The van der Waals surface area contributed by atoms with Gasteiger partial charge in [-0.2, -0.15) is 0 Å². The number of aromatic nitrogens is 2. The van der Waals surface area contributed by atoms with Crippen molar-refractivity contribution in [2.45, 2.75) is 6.42 Å². The van der Waals surface area contributed by atoms with E-state index in [4.69, 9.17) is 14.6 Å². The topological polar surface area (TPSA) is 87.7 Å². The number of ether oxygens (including phenoxy) is 2. The number of aliphatic carboxylic acids is 1. The second kappa shape index (κ2) is 8.16. The molecule has 30 heavy (non-hydrogen) atoms. The molecule has 0 spiro atoms. The lowest BCUT2D eigenvalue weighted by molar-refractivity contribution is -0.138. The van der Waals surface area contributed by atoms with Crippen LogP contribution in [0, 0.1) is 5.82 Å². The van der Waals surface area contributed by atoms with E-state index in [-0.39, 0.29) is 12.4 Å². The van der Waals surface area contributed by atoms with Crippen LogP contribution in [-0.4, -0.2) is 59.8 Å². The van der Waals surface area contributed by atoms with Crippen molar-refractivity contribution >= 4 is 22.6 Å². The van der Waals surface area contributed by atoms with Crippen LogP contribution < -0.4 is 9.47 Å². The van der Waals surface area contributed by atoms with Crippen molar-refractivity contribution in [3.63, 3.8) is 0 Å². The quantitative estimate of drug-likeness (QED) is 0.645. The zero-order chi connectivity index (χ0) is 21.3. The molecule has 0 saturated heterocycles. The average molecular weight is 411 g/mol. The highest BCUT2D eigenvalue weighted by molar-refractivity contribution is 5.99. The smallest absolute Gasteiger partial charge is 0.317 e. The lowest BCUT2D eigenvalue weighted by atomic mass is 10.00. The summed E-state index contributed by atoms with van der Waals surface area (Å²) in [4.78, 5) is 20.6. The first-order valence-corrected chi connectivity index (χ1v) is 9.53. The summed E-state index contributed by atoms with van der Waals surface area (Å²) >= 11 is 0. The lowest BCUT2D eigenvalue weighted by Gasteiger charge is -2.24. The van der Waals surface area contributed by atoms with Crippen molar-refractivity contribution in [2.75, 3.05) is 33.9 Å². The summed E-state index contributed by atoms with van der Waals surface area (Å²) in [5.74, 6) is -0.155. The van der Waals surface area contributed by atoms with E-state index in [1.807, 2.05) is 17.0 Å². The number of nitrogens with one attached hydrogen (secondary N) is 1. The van der Waals surface area contributed by atoms with Crippen LogP contribution >= 0.6 is 0 Å². The number of carboxylic acids is 1. The number of nitrogens with zero attached hydrogens (tertiary/aromatic N) is 2. The predicted octanol–water partition coefficient (Wildman–Crippen LogP) is 3.56. The number of methoxy groups -OCH3 is 2. The van der Waals surface area contributed by atoms with E-state index in [0.717, 1.165) is 23.1 Å². The molecule has 0 amide bonds. The van der Waals surface area contributed by atoms with Gasteiger partial charge in [0.25, 0.3) is 0 Å². The van der Waals surface area contributed by atoms with Crippen molar-refractivity contribution in [1.29, 1.82) is 0 Å². The van der Waals surface area contributed by atoms with Gasteiger partial charge in [0.1, 0.15) is 23.0 Å². The van der Waals surface area contributed by atoms with Crippen LogP contribution in [0.5, 0.6) is 11.5 Å². The number of pyridine rings is 1. The van der Waals surface area contributed by atoms with Crippen LogP contribution in [0.1, 0.15) is 12.1 Å².